The second-order valence-corrected chi connectivity index (χ2v) is 10.4. The van der Waals surface area contributed by atoms with Crippen molar-refractivity contribution in [3.63, 3.8) is 0 Å². The number of benzene rings is 1. The van der Waals surface area contributed by atoms with E-state index in [4.69, 9.17) is 9.47 Å². The van der Waals surface area contributed by atoms with Gasteiger partial charge in [-0.3, -0.25) is 9.59 Å². The maximum atomic E-state index is 12.9. The van der Waals surface area contributed by atoms with E-state index in [1.54, 1.807) is 9.80 Å². The van der Waals surface area contributed by atoms with Gasteiger partial charge in [-0.05, 0) is 45.0 Å². The van der Waals surface area contributed by atoms with Crippen LogP contribution in [0.15, 0.2) is 29.2 Å². The summed E-state index contributed by atoms with van der Waals surface area (Å²) >= 11 is 0. The van der Waals surface area contributed by atoms with Gasteiger partial charge in [0.05, 0.1) is 22.7 Å². The van der Waals surface area contributed by atoms with Gasteiger partial charge in [-0.15, -0.1) is 0 Å². The molecule has 3 atom stereocenters. The summed E-state index contributed by atoms with van der Waals surface area (Å²) in [6, 6.07) is 5.44. The maximum absolute atomic E-state index is 12.9. The lowest BCUT2D eigenvalue weighted by molar-refractivity contribution is -0.151. The third-order valence-electron chi connectivity index (χ3n) is 5.77. The Morgan fingerprint density at radius 2 is 1.52 bits per heavy atom. The summed E-state index contributed by atoms with van der Waals surface area (Å²) in [5.74, 6) is -1.08. The maximum Gasteiger partial charge on any atom is 0.338 e. The van der Waals surface area contributed by atoms with Crippen molar-refractivity contribution in [1.82, 2.24) is 14.1 Å². The molecule has 3 rings (SSSR count). The van der Waals surface area contributed by atoms with Crippen LogP contribution < -0.4 is 0 Å². The van der Waals surface area contributed by atoms with Crippen molar-refractivity contribution < 1.29 is 32.3 Å². The number of carbonyl (C=O) groups excluding carboxylic acids is 3. The van der Waals surface area contributed by atoms with Gasteiger partial charge in [0.15, 0.2) is 6.10 Å². The number of rotatable bonds is 5. The molecular weight excluding hydrogens is 450 g/mol. The summed E-state index contributed by atoms with van der Waals surface area (Å²) in [5.41, 5.74) is 0.152. The van der Waals surface area contributed by atoms with Gasteiger partial charge >= 0.3 is 5.97 Å². The minimum atomic E-state index is -3.74. The number of esters is 1. The summed E-state index contributed by atoms with van der Waals surface area (Å²) in [4.78, 5) is 39.9. The normalized spacial score (nSPS) is 23.2. The number of hydrogen-bond donors (Lipinski definition) is 0. The predicted octanol–water partition coefficient (Wildman–Crippen LogP) is 0.721. The van der Waals surface area contributed by atoms with Gasteiger partial charge in [-0.2, -0.15) is 4.31 Å². The summed E-state index contributed by atoms with van der Waals surface area (Å²) in [7, 11) is -3.74. The molecule has 10 nitrogen and oxygen atoms in total. The van der Waals surface area contributed by atoms with Gasteiger partial charge in [0, 0.05) is 46.2 Å². The van der Waals surface area contributed by atoms with Crippen LogP contribution in [-0.2, 0) is 29.1 Å². The van der Waals surface area contributed by atoms with Crippen molar-refractivity contribution in [3.8, 4) is 0 Å². The van der Waals surface area contributed by atoms with Crippen LogP contribution in [0.2, 0.25) is 0 Å². The molecule has 2 aliphatic heterocycles. The zero-order valence-electron chi connectivity index (χ0n) is 19.4. The minimum absolute atomic E-state index is 0.0516. The highest BCUT2D eigenvalue weighted by atomic mass is 32.2. The second kappa shape index (κ2) is 10.2. The first-order valence-electron chi connectivity index (χ1n) is 11.0. The van der Waals surface area contributed by atoms with Crippen LogP contribution >= 0.6 is 0 Å². The Hall–Kier alpha value is -2.50. The number of hydrogen-bond acceptors (Lipinski definition) is 7. The third-order valence-corrected chi connectivity index (χ3v) is 7.69. The second-order valence-electron chi connectivity index (χ2n) is 8.48. The molecule has 0 spiro atoms. The van der Waals surface area contributed by atoms with Crippen LogP contribution in [-0.4, -0.2) is 97.9 Å². The fraction of sp³-hybridized carbons (Fsp3) is 0.591. The lowest BCUT2D eigenvalue weighted by atomic mass is 10.2. The summed E-state index contributed by atoms with van der Waals surface area (Å²) in [6.07, 6.45) is -1.17. The van der Waals surface area contributed by atoms with Crippen molar-refractivity contribution in [2.45, 2.75) is 50.9 Å². The molecular formula is C22H31N3O7S. The monoisotopic (exact) mass is 481 g/mol. The lowest BCUT2D eigenvalue weighted by Crippen LogP contribution is -2.51. The molecule has 182 valence electrons. The van der Waals surface area contributed by atoms with Crippen LogP contribution in [0.3, 0.4) is 0 Å². The molecule has 2 heterocycles. The van der Waals surface area contributed by atoms with Crippen LogP contribution in [0.25, 0.3) is 0 Å². The number of carbonyl (C=O) groups is 3. The van der Waals surface area contributed by atoms with E-state index in [0.29, 0.717) is 26.2 Å². The Bertz CT molecular complexity index is 978. The molecule has 0 saturated carbocycles. The predicted molar refractivity (Wildman–Crippen MR) is 119 cm³/mol. The quantitative estimate of drug-likeness (QED) is 0.570. The first-order chi connectivity index (χ1) is 15.5. The van der Waals surface area contributed by atoms with Crippen LogP contribution in [0, 0.1) is 0 Å². The molecule has 1 aromatic rings. The van der Waals surface area contributed by atoms with Crippen molar-refractivity contribution in [3.05, 3.63) is 29.8 Å². The van der Waals surface area contributed by atoms with Crippen molar-refractivity contribution in [2.75, 3.05) is 39.3 Å². The SMILES string of the molecule is CC(=O)N1CCN(S(=O)(=O)c2ccc(C(=O)OC(C)C(=O)N3CC(C)OC(C)C3)cc2)CC1. The standard InChI is InChI=1S/C22H31N3O7S/c1-15-13-24(14-16(2)31-15)21(27)17(3)32-22(28)19-5-7-20(8-6-19)33(29,30)25-11-9-23(10-12-25)18(4)26/h5-8,15-17H,9-14H2,1-4H3. The minimum Gasteiger partial charge on any atom is -0.449 e. The molecule has 0 aliphatic carbocycles. The lowest BCUT2D eigenvalue weighted by Gasteiger charge is -2.36. The summed E-state index contributed by atoms with van der Waals surface area (Å²) in [6.45, 7) is 8.70. The third kappa shape index (κ3) is 5.90. The zero-order valence-corrected chi connectivity index (χ0v) is 20.2. The topological polar surface area (TPSA) is 114 Å². The van der Waals surface area contributed by atoms with Gasteiger partial charge in [0.25, 0.3) is 5.91 Å². The number of amides is 2. The molecule has 2 fully saturated rings. The summed E-state index contributed by atoms with van der Waals surface area (Å²) in [5, 5.41) is 0. The highest BCUT2D eigenvalue weighted by molar-refractivity contribution is 7.89. The van der Waals surface area contributed by atoms with E-state index < -0.39 is 22.1 Å². The Balaban J connectivity index is 1.60. The van der Waals surface area contributed by atoms with Gasteiger partial charge in [-0.25, -0.2) is 13.2 Å². The highest BCUT2D eigenvalue weighted by Crippen LogP contribution is 2.19. The fourth-order valence-electron chi connectivity index (χ4n) is 4.05. The first kappa shape index (κ1) is 25.1. The van der Waals surface area contributed by atoms with Crippen LogP contribution in [0.1, 0.15) is 38.1 Å². The molecule has 0 bridgehead atoms. The van der Waals surface area contributed by atoms with E-state index >= 15 is 0 Å². The van der Waals surface area contributed by atoms with Crippen LogP contribution in [0.4, 0.5) is 0 Å². The van der Waals surface area contributed by atoms with Crippen molar-refractivity contribution in [2.24, 2.45) is 0 Å². The Morgan fingerprint density at radius 1 is 0.970 bits per heavy atom. The van der Waals surface area contributed by atoms with E-state index in [-0.39, 0.29) is 47.6 Å². The van der Waals surface area contributed by atoms with Gasteiger partial charge in [0.1, 0.15) is 0 Å². The average molecular weight is 482 g/mol. The Morgan fingerprint density at radius 3 is 2.03 bits per heavy atom. The molecule has 11 heteroatoms. The number of sulfonamides is 1. The van der Waals surface area contributed by atoms with Crippen molar-refractivity contribution in [1.29, 1.82) is 0 Å². The average Bonchev–Trinajstić information content (AvgIpc) is 2.78. The molecule has 2 saturated heterocycles. The molecule has 2 amide bonds. The fourth-order valence-corrected chi connectivity index (χ4v) is 5.47. The van der Waals surface area contributed by atoms with E-state index in [9.17, 15) is 22.8 Å². The number of piperazine rings is 1. The Labute approximate surface area is 194 Å². The molecule has 0 aromatic heterocycles. The molecule has 3 unspecified atom stereocenters. The van der Waals surface area contributed by atoms with Gasteiger partial charge in [-0.1, -0.05) is 0 Å². The number of nitrogens with zero attached hydrogens (tertiary/aromatic N) is 3. The van der Waals surface area contributed by atoms with E-state index in [1.807, 2.05) is 13.8 Å². The number of morpholine rings is 1. The largest absolute Gasteiger partial charge is 0.449 e. The van der Waals surface area contributed by atoms with E-state index in [0.717, 1.165) is 0 Å². The molecule has 0 radical (unpaired) electrons. The zero-order chi connectivity index (χ0) is 24.3. The molecule has 1 aromatic carbocycles. The Kier molecular flexibility index (Phi) is 7.76. The number of ether oxygens (including phenoxy) is 2. The van der Waals surface area contributed by atoms with Gasteiger partial charge < -0.3 is 19.3 Å². The summed E-state index contributed by atoms with van der Waals surface area (Å²) < 4.78 is 38.0. The van der Waals surface area contributed by atoms with E-state index in [2.05, 4.69) is 0 Å². The van der Waals surface area contributed by atoms with E-state index in [1.165, 1.54) is 42.4 Å². The van der Waals surface area contributed by atoms with Gasteiger partial charge in [0.2, 0.25) is 15.9 Å². The highest BCUT2D eigenvalue weighted by Gasteiger charge is 2.32. The van der Waals surface area contributed by atoms with Crippen LogP contribution in [0.5, 0.6) is 0 Å². The molecule has 33 heavy (non-hydrogen) atoms. The molecule has 2 aliphatic rings. The first-order valence-corrected chi connectivity index (χ1v) is 12.4. The van der Waals surface area contributed by atoms with Crippen molar-refractivity contribution >= 4 is 27.8 Å². The molecule has 0 N–H and O–H groups in total. The smallest absolute Gasteiger partial charge is 0.338 e.